The number of aryl methyl sites for hydroxylation is 1. The van der Waals surface area contributed by atoms with E-state index >= 15 is 0 Å². The molecule has 0 unspecified atom stereocenters. The molecule has 1 aromatic heterocycles. The van der Waals surface area contributed by atoms with E-state index in [1.54, 1.807) is 6.07 Å². The number of rotatable bonds is 3. The van der Waals surface area contributed by atoms with Crippen molar-refractivity contribution in [1.82, 2.24) is 9.55 Å². The molecule has 0 saturated heterocycles. The molecule has 0 atom stereocenters. The predicted octanol–water partition coefficient (Wildman–Crippen LogP) is 0.884. The molecule has 84 valence electrons. The van der Waals surface area contributed by atoms with E-state index < -0.39 is 5.82 Å². The SMILES string of the molecule is NCCCn1cnc2c(F)cccc2c1=O. The first-order valence-electron chi connectivity index (χ1n) is 5.08. The third-order valence-electron chi connectivity index (χ3n) is 2.41. The van der Waals surface area contributed by atoms with Gasteiger partial charge in [-0.1, -0.05) is 6.07 Å². The monoisotopic (exact) mass is 221 g/mol. The number of benzene rings is 1. The molecule has 16 heavy (non-hydrogen) atoms. The number of fused-ring (bicyclic) bond motifs is 1. The maximum Gasteiger partial charge on any atom is 0.261 e. The number of aromatic nitrogens is 2. The molecule has 0 bridgehead atoms. The highest BCUT2D eigenvalue weighted by Gasteiger charge is 2.06. The Hall–Kier alpha value is -1.75. The van der Waals surface area contributed by atoms with Crippen molar-refractivity contribution in [1.29, 1.82) is 0 Å². The molecule has 4 nitrogen and oxygen atoms in total. The van der Waals surface area contributed by atoms with Gasteiger partial charge < -0.3 is 5.73 Å². The van der Waals surface area contributed by atoms with Crippen molar-refractivity contribution in [2.24, 2.45) is 5.73 Å². The first-order chi connectivity index (χ1) is 7.74. The fourth-order valence-corrected chi connectivity index (χ4v) is 1.57. The van der Waals surface area contributed by atoms with Gasteiger partial charge in [-0.15, -0.1) is 0 Å². The van der Waals surface area contributed by atoms with Crippen LogP contribution in [0.3, 0.4) is 0 Å². The molecule has 0 amide bonds. The van der Waals surface area contributed by atoms with Crippen LogP contribution < -0.4 is 11.3 Å². The Bertz CT molecular complexity index is 565. The third kappa shape index (κ3) is 1.81. The summed E-state index contributed by atoms with van der Waals surface area (Å²) in [6.07, 6.45) is 2.06. The van der Waals surface area contributed by atoms with Crippen molar-refractivity contribution in [3.05, 3.63) is 40.7 Å². The van der Waals surface area contributed by atoms with Crippen LogP contribution >= 0.6 is 0 Å². The summed E-state index contributed by atoms with van der Waals surface area (Å²) in [7, 11) is 0. The number of nitrogens with zero attached hydrogens (tertiary/aromatic N) is 2. The Labute approximate surface area is 91.5 Å². The van der Waals surface area contributed by atoms with Gasteiger partial charge in [0.25, 0.3) is 5.56 Å². The second kappa shape index (κ2) is 4.40. The van der Waals surface area contributed by atoms with Crippen molar-refractivity contribution in [3.63, 3.8) is 0 Å². The van der Waals surface area contributed by atoms with Crippen LogP contribution in [0.2, 0.25) is 0 Å². The van der Waals surface area contributed by atoms with Gasteiger partial charge in [0.1, 0.15) is 11.3 Å². The Morgan fingerprint density at radius 1 is 1.44 bits per heavy atom. The highest BCUT2D eigenvalue weighted by molar-refractivity contribution is 5.77. The normalized spacial score (nSPS) is 10.9. The molecule has 0 aliphatic carbocycles. The molecule has 1 heterocycles. The van der Waals surface area contributed by atoms with Crippen LogP contribution in [0, 0.1) is 5.82 Å². The van der Waals surface area contributed by atoms with E-state index in [4.69, 9.17) is 5.73 Å². The number of hydrogen-bond acceptors (Lipinski definition) is 3. The summed E-state index contributed by atoms with van der Waals surface area (Å²) in [5.41, 5.74) is 5.27. The molecule has 0 spiro atoms. The lowest BCUT2D eigenvalue weighted by molar-refractivity contribution is 0.615. The zero-order valence-corrected chi connectivity index (χ0v) is 8.69. The van der Waals surface area contributed by atoms with Crippen molar-refractivity contribution in [3.8, 4) is 0 Å². The van der Waals surface area contributed by atoms with Crippen LogP contribution in [0.1, 0.15) is 6.42 Å². The van der Waals surface area contributed by atoms with Crippen molar-refractivity contribution in [2.45, 2.75) is 13.0 Å². The van der Waals surface area contributed by atoms with Crippen molar-refractivity contribution < 1.29 is 4.39 Å². The average molecular weight is 221 g/mol. The van der Waals surface area contributed by atoms with Gasteiger partial charge >= 0.3 is 0 Å². The molecule has 2 aromatic rings. The van der Waals surface area contributed by atoms with E-state index in [1.165, 1.54) is 23.0 Å². The third-order valence-corrected chi connectivity index (χ3v) is 2.41. The van der Waals surface area contributed by atoms with Gasteiger partial charge in [-0.2, -0.15) is 0 Å². The largest absolute Gasteiger partial charge is 0.330 e. The minimum absolute atomic E-state index is 0.122. The summed E-state index contributed by atoms with van der Waals surface area (Å²) < 4.78 is 14.8. The molecule has 0 aliphatic heterocycles. The summed E-state index contributed by atoms with van der Waals surface area (Å²) in [6.45, 7) is 1.02. The lowest BCUT2D eigenvalue weighted by atomic mass is 10.2. The number of hydrogen-bond donors (Lipinski definition) is 1. The van der Waals surface area contributed by atoms with E-state index in [0.29, 0.717) is 24.9 Å². The molecule has 1 aromatic carbocycles. The predicted molar refractivity (Wildman–Crippen MR) is 59.6 cm³/mol. The second-order valence-electron chi connectivity index (χ2n) is 3.52. The van der Waals surface area contributed by atoms with E-state index in [2.05, 4.69) is 4.98 Å². The van der Waals surface area contributed by atoms with Crippen LogP contribution in [0.5, 0.6) is 0 Å². The molecule has 2 rings (SSSR count). The van der Waals surface area contributed by atoms with Crippen molar-refractivity contribution >= 4 is 10.9 Å². The number of halogens is 1. The zero-order valence-electron chi connectivity index (χ0n) is 8.69. The van der Waals surface area contributed by atoms with Gasteiger partial charge in [-0.3, -0.25) is 9.36 Å². The highest BCUT2D eigenvalue weighted by atomic mass is 19.1. The van der Waals surface area contributed by atoms with Crippen LogP contribution in [-0.4, -0.2) is 16.1 Å². The van der Waals surface area contributed by atoms with Crippen LogP contribution in [0.15, 0.2) is 29.3 Å². The van der Waals surface area contributed by atoms with Crippen LogP contribution in [-0.2, 0) is 6.54 Å². The van der Waals surface area contributed by atoms with E-state index in [-0.39, 0.29) is 11.1 Å². The van der Waals surface area contributed by atoms with Gasteiger partial charge in [0.15, 0.2) is 0 Å². The summed E-state index contributed by atoms with van der Waals surface area (Å²) >= 11 is 0. The molecule has 0 aliphatic rings. The lowest BCUT2D eigenvalue weighted by Gasteiger charge is -2.05. The highest BCUT2D eigenvalue weighted by Crippen LogP contribution is 2.10. The molecular weight excluding hydrogens is 209 g/mol. The van der Waals surface area contributed by atoms with Crippen molar-refractivity contribution in [2.75, 3.05) is 6.54 Å². The Morgan fingerprint density at radius 2 is 2.25 bits per heavy atom. The second-order valence-corrected chi connectivity index (χ2v) is 3.52. The van der Waals surface area contributed by atoms with E-state index in [0.717, 1.165) is 0 Å². The fourth-order valence-electron chi connectivity index (χ4n) is 1.57. The fraction of sp³-hybridized carbons (Fsp3) is 0.273. The molecular formula is C11H12FN3O. The Kier molecular flexibility index (Phi) is 2.96. The molecule has 2 N–H and O–H groups in total. The quantitative estimate of drug-likeness (QED) is 0.837. The molecule has 0 radical (unpaired) electrons. The first kappa shape index (κ1) is 10.8. The lowest BCUT2D eigenvalue weighted by Crippen LogP contribution is -2.22. The molecule has 0 fully saturated rings. The van der Waals surface area contributed by atoms with Gasteiger partial charge in [0.05, 0.1) is 11.7 Å². The summed E-state index contributed by atoms with van der Waals surface area (Å²) in [6, 6.07) is 4.37. The van der Waals surface area contributed by atoms with Gasteiger partial charge in [-0.05, 0) is 25.1 Å². The average Bonchev–Trinajstić information content (AvgIpc) is 2.29. The Morgan fingerprint density at radius 3 is 3.00 bits per heavy atom. The first-order valence-corrected chi connectivity index (χ1v) is 5.08. The maximum atomic E-state index is 13.3. The van der Waals surface area contributed by atoms with E-state index in [1.807, 2.05) is 0 Å². The molecule has 5 heteroatoms. The van der Waals surface area contributed by atoms with Crippen LogP contribution in [0.25, 0.3) is 10.9 Å². The maximum absolute atomic E-state index is 13.3. The smallest absolute Gasteiger partial charge is 0.261 e. The summed E-state index contributed by atoms with van der Waals surface area (Å²) in [5.74, 6) is -0.472. The summed E-state index contributed by atoms with van der Waals surface area (Å²) in [4.78, 5) is 15.8. The van der Waals surface area contributed by atoms with E-state index in [9.17, 15) is 9.18 Å². The van der Waals surface area contributed by atoms with Gasteiger partial charge in [-0.25, -0.2) is 9.37 Å². The molecule has 0 saturated carbocycles. The van der Waals surface area contributed by atoms with Crippen LogP contribution in [0.4, 0.5) is 4.39 Å². The minimum atomic E-state index is -0.472. The van der Waals surface area contributed by atoms with Gasteiger partial charge in [0, 0.05) is 6.54 Å². The number of para-hydroxylation sites is 1. The standard InChI is InChI=1S/C11H12FN3O/c12-9-4-1-3-8-10(9)14-7-15(11(8)16)6-2-5-13/h1,3-4,7H,2,5-6,13H2. The zero-order chi connectivity index (χ0) is 11.5. The summed E-state index contributed by atoms with van der Waals surface area (Å²) in [5, 5.41) is 0.305. The van der Waals surface area contributed by atoms with Gasteiger partial charge in [0.2, 0.25) is 0 Å². The number of nitrogens with two attached hydrogens (primary N) is 1. The minimum Gasteiger partial charge on any atom is -0.330 e. The Balaban J connectivity index is 2.57. The topological polar surface area (TPSA) is 60.9 Å².